The molecule has 616 valence electrons. The Morgan fingerprint density at radius 3 is 0.983 bits per heavy atom. The Labute approximate surface area is 703 Å². The van der Waals surface area contributed by atoms with Crippen LogP contribution in [0, 0.1) is 45.3 Å². The van der Waals surface area contributed by atoms with E-state index in [0.717, 1.165) is 182 Å². The number of aliphatic hydroxyl groups is 1. The number of aromatic amines is 3. The van der Waals surface area contributed by atoms with Crippen molar-refractivity contribution in [2.75, 3.05) is 146 Å². The van der Waals surface area contributed by atoms with Crippen LogP contribution in [0.15, 0.2) is 200 Å². The molecule has 4 N–H and O–H groups in total. The molecule has 6 aliphatic rings. The van der Waals surface area contributed by atoms with Crippen LogP contribution in [-0.4, -0.2) is 204 Å². The number of aliphatic hydroxyl groups excluding tert-OH is 1. The second-order valence-electron chi connectivity index (χ2n) is 31.1. The van der Waals surface area contributed by atoms with Crippen LogP contribution < -0.4 is 28.9 Å². The molecule has 9 aromatic carbocycles. The van der Waals surface area contributed by atoms with Gasteiger partial charge in [0.25, 0.3) is 0 Å². The summed E-state index contributed by atoms with van der Waals surface area (Å²) in [5.41, 5.74) is 20.4. The number of anilines is 3. The number of sulfonamides is 1. The van der Waals surface area contributed by atoms with Crippen LogP contribution >= 0.6 is 0 Å². The third-order valence-corrected chi connectivity index (χ3v) is 24.9. The Morgan fingerprint density at radius 1 is 0.397 bits per heavy atom. The van der Waals surface area contributed by atoms with Crippen LogP contribution in [0.25, 0.3) is 99.9 Å². The molecular formula is C96H95N13O11S. The summed E-state index contributed by atoms with van der Waals surface area (Å²) in [6.07, 6.45) is 6.44. The molecule has 9 heterocycles. The molecule has 0 saturated carbocycles. The lowest BCUT2D eigenvalue weighted by molar-refractivity contribution is -0.134. The highest BCUT2D eigenvalue weighted by Crippen LogP contribution is 2.41. The topological polar surface area (TPSA) is 306 Å². The fourth-order valence-corrected chi connectivity index (χ4v) is 17.6. The van der Waals surface area contributed by atoms with Gasteiger partial charge in [0.1, 0.15) is 66.8 Å². The number of nitrogens with zero attached hydrogens (tertiary/aromatic N) is 10. The van der Waals surface area contributed by atoms with E-state index in [1.54, 1.807) is 9.80 Å². The van der Waals surface area contributed by atoms with E-state index in [0.29, 0.717) is 126 Å². The van der Waals surface area contributed by atoms with E-state index < -0.39 is 16.6 Å². The zero-order chi connectivity index (χ0) is 83.4. The predicted octanol–water partition coefficient (Wildman–Crippen LogP) is 15.1. The quantitative estimate of drug-likeness (QED) is 0.0620. The molecule has 3 aromatic heterocycles. The van der Waals surface area contributed by atoms with Gasteiger partial charge in [-0.25, -0.2) is 8.42 Å². The SMILES string of the molecule is CS(=O)(=O)N1CCN(c2ccc(-c3cc4c(-c5ccc(OC6CCOCC6)c(C#N)c5)cccc4[nH]3)cc2)CC1.N#CCC(=O)N1CCN(c2ccc(-c3cc4c(-c5ccc(OC6CCOCC6)c(C#N)c5)cccc4[nH]3)cc2)CC1.N#Cc1cc(-c2cccc3[nH]c(-c4ccc(N5CCN(C(=O)CO)CC5)cc4)cc23)ccc1OC1CCOCC1. The first-order valence-corrected chi connectivity index (χ1v) is 43.3. The highest BCUT2D eigenvalue weighted by atomic mass is 32.2. The summed E-state index contributed by atoms with van der Waals surface area (Å²) in [6.45, 7) is 11.5. The highest BCUT2D eigenvalue weighted by molar-refractivity contribution is 7.88. The van der Waals surface area contributed by atoms with E-state index in [2.05, 4.69) is 175 Å². The second kappa shape index (κ2) is 37.6. The maximum atomic E-state index is 12.0. The lowest BCUT2D eigenvalue weighted by Crippen LogP contribution is -2.49. The van der Waals surface area contributed by atoms with Crippen LogP contribution in [0.5, 0.6) is 17.2 Å². The zero-order valence-electron chi connectivity index (χ0n) is 67.6. The van der Waals surface area contributed by atoms with E-state index in [9.17, 15) is 33.8 Å². The first-order valence-electron chi connectivity index (χ1n) is 41.4. The van der Waals surface area contributed by atoms with E-state index in [1.807, 2.05) is 78.9 Å². The molecule has 25 heteroatoms. The van der Waals surface area contributed by atoms with Gasteiger partial charge in [-0.3, -0.25) is 9.59 Å². The van der Waals surface area contributed by atoms with E-state index in [4.69, 9.17) is 38.8 Å². The Balaban J connectivity index is 0.000000135. The molecule has 0 unspecified atom stereocenters. The van der Waals surface area contributed by atoms with Gasteiger partial charge in [-0.1, -0.05) is 91.0 Å². The number of amides is 2. The molecule has 0 bridgehead atoms. The van der Waals surface area contributed by atoms with Crippen molar-refractivity contribution >= 4 is 71.6 Å². The molecule has 24 nitrogen and oxygen atoms in total. The summed E-state index contributed by atoms with van der Waals surface area (Å²) in [6, 6.07) is 76.7. The molecule has 0 atom stereocenters. The average Bonchev–Trinajstić information content (AvgIpc) is 1.66. The number of aromatic nitrogens is 3. The van der Waals surface area contributed by atoms with Crippen molar-refractivity contribution in [1.29, 1.82) is 21.0 Å². The maximum Gasteiger partial charge on any atom is 0.248 e. The number of carbonyl (C=O) groups excluding carboxylic acids is 2. The number of nitriles is 4. The van der Waals surface area contributed by atoms with Crippen molar-refractivity contribution in [3.8, 4) is 109 Å². The molecule has 6 saturated heterocycles. The van der Waals surface area contributed by atoms with E-state index in [1.165, 1.54) is 10.6 Å². The Kier molecular flexibility index (Phi) is 25.4. The van der Waals surface area contributed by atoms with Gasteiger partial charge in [-0.15, -0.1) is 0 Å². The first kappa shape index (κ1) is 81.8. The number of fused-ring (bicyclic) bond motifs is 3. The van der Waals surface area contributed by atoms with Gasteiger partial charge in [0, 0.05) is 184 Å². The minimum atomic E-state index is -3.15. The van der Waals surface area contributed by atoms with Gasteiger partial charge in [0.15, 0.2) is 0 Å². The molecule has 12 aromatic rings. The van der Waals surface area contributed by atoms with Crippen molar-refractivity contribution in [3.05, 3.63) is 217 Å². The van der Waals surface area contributed by atoms with E-state index >= 15 is 0 Å². The molecule has 2 amide bonds. The lowest BCUT2D eigenvalue weighted by Gasteiger charge is -2.35. The summed E-state index contributed by atoms with van der Waals surface area (Å²) >= 11 is 0. The number of piperazine rings is 3. The third-order valence-electron chi connectivity index (χ3n) is 23.6. The zero-order valence-corrected chi connectivity index (χ0v) is 68.4. The fraction of sp³-hybridized carbons (Fsp3) is 0.312. The third kappa shape index (κ3) is 19.0. The molecule has 6 aliphatic heterocycles. The molecule has 0 aliphatic carbocycles. The van der Waals surface area contributed by atoms with Crippen molar-refractivity contribution in [3.63, 3.8) is 0 Å². The first-order chi connectivity index (χ1) is 59.1. The lowest BCUT2D eigenvalue weighted by atomic mass is 9.99. The Hall–Kier alpha value is -13.0. The Morgan fingerprint density at radius 2 is 0.694 bits per heavy atom. The second-order valence-corrected chi connectivity index (χ2v) is 33.1. The largest absolute Gasteiger partial charge is 0.489 e. The number of H-pyrrole nitrogens is 3. The van der Waals surface area contributed by atoms with Gasteiger partial charge < -0.3 is 73.0 Å². The number of hydrogen-bond donors (Lipinski definition) is 4. The van der Waals surface area contributed by atoms with Crippen molar-refractivity contribution in [2.24, 2.45) is 0 Å². The van der Waals surface area contributed by atoms with Crippen LogP contribution in [0.4, 0.5) is 17.1 Å². The minimum Gasteiger partial charge on any atom is -0.489 e. The van der Waals surface area contributed by atoms with Gasteiger partial charge in [0.2, 0.25) is 21.8 Å². The number of hydrogen-bond acceptors (Lipinski definition) is 18. The average molecular weight is 1640 g/mol. The van der Waals surface area contributed by atoms with Crippen molar-refractivity contribution in [1.82, 2.24) is 29.1 Å². The molecule has 6 fully saturated rings. The monoisotopic (exact) mass is 1640 g/mol. The maximum absolute atomic E-state index is 12.0. The van der Waals surface area contributed by atoms with Crippen molar-refractivity contribution < 1.29 is 51.5 Å². The van der Waals surface area contributed by atoms with Crippen LogP contribution in [0.2, 0.25) is 0 Å². The summed E-state index contributed by atoms with van der Waals surface area (Å²) in [7, 11) is -3.15. The van der Waals surface area contributed by atoms with Gasteiger partial charge in [-0.05, 0) is 159 Å². The Bertz CT molecular complexity index is 6000. The number of nitrogens with one attached hydrogen (secondary N) is 3. The smallest absolute Gasteiger partial charge is 0.248 e. The summed E-state index contributed by atoms with van der Waals surface area (Å²) in [5.74, 6) is 1.57. The van der Waals surface area contributed by atoms with Gasteiger partial charge >= 0.3 is 0 Å². The van der Waals surface area contributed by atoms with Gasteiger partial charge in [-0.2, -0.15) is 25.4 Å². The van der Waals surface area contributed by atoms with Crippen molar-refractivity contribution in [2.45, 2.75) is 63.3 Å². The minimum absolute atomic E-state index is 0.0588. The summed E-state index contributed by atoms with van der Waals surface area (Å²) in [5, 5.41) is 50.7. The molecule has 0 spiro atoms. The summed E-state index contributed by atoms with van der Waals surface area (Å²) < 4.78 is 59.9. The number of rotatable bonds is 18. The van der Waals surface area contributed by atoms with Crippen LogP contribution in [-0.2, 0) is 33.8 Å². The fourth-order valence-electron chi connectivity index (χ4n) is 16.8. The molecule has 0 radical (unpaired) electrons. The number of carbonyl (C=O) groups is 2. The molecule has 121 heavy (non-hydrogen) atoms. The van der Waals surface area contributed by atoms with Gasteiger partial charge in [0.05, 0.1) is 68.7 Å². The normalized spacial score (nSPS) is 16.4. The number of benzene rings is 9. The van der Waals surface area contributed by atoms with Crippen LogP contribution in [0.3, 0.4) is 0 Å². The molecule has 18 rings (SSSR count). The van der Waals surface area contributed by atoms with Crippen LogP contribution in [0.1, 0.15) is 61.6 Å². The molecular weight excluding hydrogens is 1540 g/mol. The highest BCUT2D eigenvalue weighted by Gasteiger charge is 2.28. The standard InChI is InChI=1S/C33H31N5O3.C32H32N4O4.C31H32N4O4S/c34-13-10-33(39)38-16-14-37(15-17-38)26-7-4-23(5-8-26)31-21-29-28(2-1-3-30(29)36-31)24-6-9-32(25(20-24)22-35)41-27-11-18-40-19-12-27;33-20-24-18-23(6-9-31(24)40-26-10-16-39-17-11-26)27-2-1-3-29-28(27)19-30(34-29)22-4-7-25(8-5-22)35-12-14-36(15-13-35)32(38)21-37;1-40(36,37)35-15-13-34(14-16-35)25-8-5-22(6-9-25)30-20-28-27(3-2-4-29(28)33-30)23-7-10-31(24(19-23)21-32)39-26-11-17-38-18-12-26/h1-9,20-21,27,36H,10-12,14-19H2;1-9,18-19,26,34,37H,10-17,21H2;2-10,19-20,26,33H,11-18H2,1H3. The predicted molar refractivity (Wildman–Crippen MR) is 469 cm³/mol. The summed E-state index contributed by atoms with van der Waals surface area (Å²) in [4.78, 5) is 44.6. The van der Waals surface area contributed by atoms with E-state index in [-0.39, 0.29) is 36.5 Å². The number of ether oxygens (including phenoxy) is 6.